The molecule has 1 fully saturated rings. The summed E-state index contributed by atoms with van der Waals surface area (Å²) < 4.78 is 9.65. The van der Waals surface area contributed by atoms with Crippen molar-refractivity contribution in [1.82, 2.24) is 10.2 Å². The van der Waals surface area contributed by atoms with Crippen LogP contribution in [0, 0.1) is 0 Å². The van der Waals surface area contributed by atoms with Crippen molar-refractivity contribution in [3.63, 3.8) is 0 Å². The number of ether oxygens (including phenoxy) is 2. The third-order valence-electron chi connectivity index (χ3n) is 3.78. The van der Waals surface area contributed by atoms with Gasteiger partial charge in [-0.05, 0) is 45.0 Å². The molecule has 2 N–H and O–H groups in total. The quantitative estimate of drug-likeness (QED) is 0.516. The zero-order chi connectivity index (χ0) is 20.9. The zero-order valence-corrected chi connectivity index (χ0v) is 15.7. The first-order chi connectivity index (χ1) is 13.1. The van der Waals surface area contributed by atoms with Gasteiger partial charge in [-0.15, -0.1) is 0 Å². The lowest BCUT2D eigenvalue weighted by atomic mass is 10.1. The molecule has 0 atom stereocenters. The van der Waals surface area contributed by atoms with Crippen LogP contribution < -0.4 is 10.6 Å². The van der Waals surface area contributed by atoms with Gasteiger partial charge in [0.1, 0.15) is 12.1 Å². The highest BCUT2D eigenvalue weighted by atomic mass is 16.5. The molecule has 0 bridgehead atoms. The van der Waals surface area contributed by atoms with Crippen LogP contribution in [0.25, 0.3) is 0 Å². The van der Waals surface area contributed by atoms with Crippen LogP contribution in [-0.4, -0.2) is 60.0 Å². The number of anilines is 1. The fourth-order valence-corrected chi connectivity index (χ4v) is 2.38. The Kier molecular flexibility index (Phi) is 6.34. The number of imide groups is 1. The summed E-state index contributed by atoms with van der Waals surface area (Å²) in [7, 11) is 0. The van der Waals surface area contributed by atoms with Crippen LogP contribution in [0.3, 0.4) is 0 Å². The second-order valence-corrected chi connectivity index (χ2v) is 6.45. The van der Waals surface area contributed by atoms with E-state index in [1.54, 1.807) is 6.92 Å². The highest BCUT2D eigenvalue weighted by molar-refractivity contribution is 6.08. The number of hydrogen-bond donors (Lipinski definition) is 2. The van der Waals surface area contributed by atoms with Gasteiger partial charge in [0.15, 0.2) is 6.61 Å². The summed E-state index contributed by atoms with van der Waals surface area (Å²) in [6.45, 7) is 3.80. The number of nitrogens with zero attached hydrogens (tertiary/aromatic N) is 1. The van der Waals surface area contributed by atoms with Crippen LogP contribution in [0.5, 0.6) is 0 Å². The van der Waals surface area contributed by atoms with Gasteiger partial charge in [-0.25, -0.2) is 9.59 Å². The molecule has 28 heavy (non-hydrogen) atoms. The van der Waals surface area contributed by atoms with Crippen molar-refractivity contribution >= 4 is 35.5 Å². The smallest absolute Gasteiger partial charge is 0.338 e. The van der Waals surface area contributed by atoms with Crippen LogP contribution in [0.15, 0.2) is 24.3 Å². The number of hydrogen-bond acceptors (Lipinski definition) is 7. The van der Waals surface area contributed by atoms with Gasteiger partial charge in [-0.2, -0.15) is 0 Å². The third kappa shape index (κ3) is 5.06. The average Bonchev–Trinajstić information content (AvgIpc) is 2.82. The molecule has 0 unspecified atom stereocenters. The van der Waals surface area contributed by atoms with Gasteiger partial charge in [0.2, 0.25) is 0 Å². The molecule has 0 spiro atoms. The molecule has 4 amide bonds. The first-order valence-corrected chi connectivity index (χ1v) is 8.51. The van der Waals surface area contributed by atoms with Crippen LogP contribution in [0.4, 0.5) is 10.5 Å². The first kappa shape index (κ1) is 20.9. The summed E-state index contributed by atoms with van der Waals surface area (Å²) in [5.74, 6) is -2.54. The maximum absolute atomic E-state index is 12.0. The van der Waals surface area contributed by atoms with Crippen molar-refractivity contribution in [2.24, 2.45) is 0 Å². The Morgan fingerprint density at radius 1 is 1.11 bits per heavy atom. The standard InChI is InChI=1S/C18H21N3O7/c1-4-27-15(24)11-5-7-12(8-6-11)19-13(22)10-28-14(23)9-21-16(25)18(2,3)20-17(21)26/h5-8H,4,9-10H2,1-3H3,(H,19,22)(H,20,26). The predicted octanol–water partition coefficient (Wildman–Crippen LogP) is 0.675. The van der Waals surface area contributed by atoms with Crippen LogP contribution in [0.1, 0.15) is 31.1 Å². The number of carbonyl (C=O) groups excluding carboxylic acids is 5. The van der Waals surface area contributed by atoms with Gasteiger partial charge < -0.3 is 20.1 Å². The Bertz CT molecular complexity index is 802. The van der Waals surface area contributed by atoms with Gasteiger partial charge in [-0.3, -0.25) is 19.3 Å². The molecular formula is C18H21N3O7. The lowest BCUT2D eigenvalue weighted by molar-refractivity contribution is -0.150. The summed E-state index contributed by atoms with van der Waals surface area (Å²) in [5, 5.41) is 4.93. The molecule has 1 aliphatic rings. The number of carbonyl (C=O) groups is 5. The van der Waals surface area contributed by atoms with Crippen LogP contribution in [-0.2, 0) is 23.9 Å². The fourth-order valence-electron chi connectivity index (χ4n) is 2.38. The minimum atomic E-state index is -1.09. The summed E-state index contributed by atoms with van der Waals surface area (Å²) in [6, 6.07) is 5.28. The predicted molar refractivity (Wildman–Crippen MR) is 96.3 cm³/mol. The Hall–Kier alpha value is -3.43. The number of nitrogens with one attached hydrogen (secondary N) is 2. The summed E-state index contributed by atoms with van der Waals surface area (Å²) in [5.41, 5.74) is -0.363. The minimum absolute atomic E-state index is 0.255. The number of amides is 4. The molecule has 0 saturated carbocycles. The summed E-state index contributed by atoms with van der Waals surface area (Å²) >= 11 is 0. The van der Waals surface area contributed by atoms with E-state index in [9.17, 15) is 24.0 Å². The Morgan fingerprint density at radius 2 is 1.75 bits per heavy atom. The van der Waals surface area contributed by atoms with Gasteiger partial charge in [-0.1, -0.05) is 0 Å². The first-order valence-electron chi connectivity index (χ1n) is 8.51. The summed E-state index contributed by atoms with van der Waals surface area (Å²) in [4.78, 5) is 59.7. The lowest BCUT2D eigenvalue weighted by Crippen LogP contribution is -2.41. The number of rotatable bonds is 7. The molecule has 10 heteroatoms. The molecule has 0 radical (unpaired) electrons. The largest absolute Gasteiger partial charge is 0.462 e. The molecule has 1 aromatic carbocycles. The highest BCUT2D eigenvalue weighted by Gasteiger charge is 2.45. The van der Waals surface area contributed by atoms with Crippen molar-refractivity contribution < 1.29 is 33.4 Å². The Labute approximate surface area is 161 Å². The normalized spacial score (nSPS) is 15.0. The van der Waals surface area contributed by atoms with Crippen molar-refractivity contribution in [3.8, 4) is 0 Å². The van der Waals surface area contributed by atoms with Crippen molar-refractivity contribution in [3.05, 3.63) is 29.8 Å². The molecule has 0 aromatic heterocycles. The molecule has 1 heterocycles. The number of esters is 2. The second kappa shape index (κ2) is 8.51. The van der Waals surface area contributed by atoms with Crippen molar-refractivity contribution in [1.29, 1.82) is 0 Å². The molecule has 1 aromatic rings. The van der Waals surface area contributed by atoms with Gasteiger partial charge in [0, 0.05) is 5.69 Å². The van der Waals surface area contributed by atoms with Crippen molar-refractivity contribution in [2.45, 2.75) is 26.3 Å². The number of urea groups is 1. The second-order valence-electron chi connectivity index (χ2n) is 6.45. The van der Waals surface area contributed by atoms with E-state index in [-0.39, 0.29) is 6.61 Å². The molecule has 150 valence electrons. The van der Waals surface area contributed by atoms with E-state index >= 15 is 0 Å². The highest BCUT2D eigenvalue weighted by Crippen LogP contribution is 2.16. The maximum Gasteiger partial charge on any atom is 0.338 e. The number of benzene rings is 1. The molecule has 10 nitrogen and oxygen atoms in total. The van der Waals surface area contributed by atoms with E-state index in [4.69, 9.17) is 9.47 Å². The molecule has 0 aliphatic carbocycles. The van der Waals surface area contributed by atoms with E-state index in [1.807, 2.05) is 0 Å². The van der Waals surface area contributed by atoms with E-state index in [0.29, 0.717) is 11.3 Å². The minimum Gasteiger partial charge on any atom is -0.462 e. The van der Waals surface area contributed by atoms with Gasteiger partial charge >= 0.3 is 18.0 Å². The Morgan fingerprint density at radius 3 is 2.29 bits per heavy atom. The van der Waals surface area contributed by atoms with Crippen LogP contribution in [0.2, 0.25) is 0 Å². The molecule has 1 aliphatic heterocycles. The monoisotopic (exact) mass is 391 g/mol. The average molecular weight is 391 g/mol. The fraction of sp³-hybridized carbons (Fsp3) is 0.389. The van der Waals surface area contributed by atoms with Gasteiger partial charge in [0.25, 0.3) is 11.8 Å². The van der Waals surface area contributed by atoms with E-state index < -0.39 is 48.5 Å². The lowest BCUT2D eigenvalue weighted by Gasteiger charge is -2.15. The van der Waals surface area contributed by atoms with Crippen LogP contribution >= 0.6 is 0 Å². The van der Waals surface area contributed by atoms with E-state index in [2.05, 4.69) is 10.6 Å². The Balaban J connectivity index is 1.81. The molecule has 1 saturated heterocycles. The van der Waals surface area contributed by atoms with Gasteiger partial charge in [0.05, 0.1) is 12.2 Å². The molecule has 2 rings (SSSR count). The topological polar surface area (TPSA) is 131 Å². The third-order valence-corrected chi connectivity index (χ3v) is 3.78. The molecular weight excluding hydrogens is 370 g/mol. The maximum atomic E-state index is 12.0. The van der Waals surface area contributed by atoms with E-state index in [1.165, 1.54) is 38.1 Å². The SMILES string of the molecule is CCOC(=O)c1ccc(NC(=O)COC(=O)CN2C(=O)NC(C)(C)C2=O)cc1. The van der Waals surface area contributed by atoms with Crippen molar-refractivity contribution in [2.75, 3.05) is 25.1 Å². The summed E-state index contributed by atoms with van der Waals surface area (Å²) in [6.07, 6.45) is 0. The zero-order valence-electron chi connectivity index (χ0n) is 15.7. The van der Waals surface area contributed by atoms with E-state index in [0.717, 1.165) is 4.90 Å².